The van der Waals surface area contributed by atoms with Gasteiger partial charge in [0.15, 0.2) is 6.10 Å². The lowest BCUT2D eigenvalue weighted by atomic mass is 9.97. The summed E-state index contributed by atoms with van der Waals surface area (Å²) in [5.41, 5.74) is 0.556. The van der Waals surface area contributed by atoms with Crippen LogP contribution in [0.2, 0.25) is 0 Å². The van der Waals surface area contributed by atoms with E-state index < -0.39 is 18.0 Å². The predicted octanol–water partition coefficient (Wildman–Crippen LogP) is 0.830. The number of carbonyl (C=O) groups is 2. The number of rotatable bonds is 6. The summed E-state index contributed by atoms with van der Waals surface area (Å²) >= 11 is 0. The Morgan fingerprint density at radius 3 is 2.50 bits per heavy atom. The Bertz CT molecular complexity index is 454. The van der Waals surface area contributed by atoms with Gasteiger partial charge in [0.25, 0.3) is 0 Å². The van der Waals surface area contributed by atoms with Gasteiger partial charge in [-0.15, -0.1) is 0 Å². The fourth-order valence-electron chi connectivity index (χ4n) is 1.66. The van der Waals surface area contributed by atoms with Crippen LogP contribution in [0.25, 0.3) is 0 Å². The zero-order chi connectivity index (χ0) is 13.7. The molecule has 3 N–H and O–H groups in total. The molecule has 0 heterocycles. The van der Waals surface area contributed by atoms with Crippen LogP contribution in [0.3, 0.4) is 0 Å². The second kappa shape index (κ2) is 6.02. The summed E-state index contributed by atoms with van der Waals surface area (Å²) < 4.78 is 4.99. The quantitative estimate of drug-likeness (QED) is 0.694. The SMILES string of the molecule is COc1cccc(CCC(=O)O)c1C(O)C(=O)O. The van der Waals surface area contributed by atoms with Gasteiger partial charge >= 0.3 is 11.9 Å². The highest BCUT2D eigenvalue weighted by molar-refractivity contribution is 5.76. The molecule has 0 saturated heterocycles. The standard InChI is InChI=1S/C12H14O6/c1-18-8-4-2-3-7(5-6-9(13)14)10(8)11(15)12(16)17/h2-4,11,15H,5-6H2,1H3,(H,13,14)(H,16,17). The molecule has 0 amide bonds. The molecule has 1 aromatic rings. The molecule has 0 fully saturated rings. The molecule has 0 bridgehead atoms. The molecule has 18 heavy (non-hydrogen) atoms. The Morgan fingerprint density at radius 2 is 2.00 bits per heavy atom. The van der Waals surface area contributed by atoms with E-state index >= 15 is 0 Å². The third kappa shape index (κ3) is 3.21. The number of aliphatic hydroxyl groups is 1. The minimum Gasteiger partial charge on any atom is -0.496 e. The molecule has 1 unspecified atom stereocenters. The lowest BCUT2D eigenvalue weighted by Gasteiger charge is -2.15. The van der Waals surface area contributed by atoms with Crippen molar-refractivity contribution in [3.8, 4) is 5.75 Å². The van der Waals surface area contributed by atoms with E-state index in [-0.39, 0.29) is 24.2 Å². The van der Waals surface area contributed by atoms with Crippen LogP contribution < -0.4 is 4.74 Å². The third-order valence-electron chi connectivity index (χ3n) is 2.49. The van der Waals surface area contributed by atoms with Crippen molar-refractivity contribution < 1.29 is 29.6 Å². The Kier molecular flexibility index (Phi) is 4.67. The van der Waals surface area contributed by atoms with E-state index in [2.05, 4.69) is 0 Å². The van der Waals surface area contributed by atoms with E-state index in [1.165, 1.54) is 13.2 Å². The van der Waals surface area contributed by atoms with Crippen molar-refractivity contribution >= 4 is 11.9 Å². The van der Waals surface area contributed by atoms with Crippen molar-refractivity contribution in [1.29, 1.82) is 0 Å². The Morgan fingerprint density at radius 1 is 1.33 bits per heavy atom. The molecule has 1 atom stereocenters. The van der Waals surface area contributed by atoms with Crippen LogP contribution in [0, 0.1) is 0 Å². The molecule has 6 heteroatoms. The van der Waals surface area contributed by atoms with Gasteiger partial charge in [0.05, 0.1) is 7.11 Å². The maximum Gasteiger partial charge on any atom is 0.337 e. The Hall–Kier alpha value is -2.08. The van der Waals surface area contributed by atoms with Crippen molar-refractivity contribution in [3.63, 3.8) is 0 Å². The van der Waals surface area contributed by atoms with Crippen LogP contribution in [0.4, 0.5) is 0 Å². The molecule has 0 spiro atoms. The summed E-state index contributed by atoms with van der Waals surface area (Å²) in [7, 11) is 1.36. The summed E-state index contributed by atoms with van der Waals surface area (Å²) in [6.45, 7) is 0. The van der Waals surface area contributed by atoms with E-state index in [1.54, 1.807) is 12.1 Å². The summed E-state index contributed by atoms with van der Waals surface area (Å²) in [4.78, 5) is 21.4. The zero-order valence-corrected chi connectivity index (χ0v) is 9.79. The molecule has 0 radical (unpaired) electrons. The number of benzene rings is 1. The molecule has 1 rings (SSSR count). The normalized spacial score (nSPS) is 11.9. The van der Waals surface area contributed by atoms with Gasteiger partial charge in [-0.25, -0.2) is 4.79 Å². The van der Waals surface area contributed by atoms with Gasteiger partial charge in [-0.05, 0) is 18.1 Å². The van der Waals surface area contributed by atoms with Gasteiger partial charge in [-0.2, -0.15) is 0 Å². The number of methoxy groups -OCH3 is 1. The van der Waals surface area contributed by atoms with Crippen LogP contribution in [-0.4, -0.2) is 34.4 Å². The Labute approximate surface area is 103 Å². The Balaban J connectivity index is 3.15. The first-order valence-electron chi connectivity index (χ1n) is 5.25. The average Bonchev–Trinajstić information content (AvgIpc) is 2.34. The summed E-state index contributed by atoms with van der Waals surface area (Å²) in [5, 5.41) is 27.1. The summed E-state index contributed by atoms with van der Waals surface area (Å²) in [6.07, 6.45) is -1.75. The predicted molar refractivity (Wildman–Crippen MR) is 61.5 cm³/mol. The largest absolute Gasteiger partial charge is 0.496 e. The highest BCUT2D eigenvalue weighted by Gasteiger charge is 2.23. The minimum atomic E-state index is -1.73. The molecule has 1 aromatic carbocycles. The van der Waals surface area contributed by atoms with Gasteiger partial charge in [0.1, 0.15) is 5.75 Å². The highest BCUT2D eigenvalue weighted by Crippen LogP contribution is 2.29. The molecule has 98 valence electrons. The number of ether oxygens (including phenoxy) is 1. The molecule has 6 nitrogen and oxygen atoms in total. The summed E-state index contributed by atoms with van der Waals surface area (Å²) in [5.74, 6) is -2.17. The topological polar surface area (TPSA) is 104 Å². The van der Waals surface area contributed by atoms with Crippen LogP contribution in [0.1, 0.15) is 23.7 Å². The molecule has 0 aliphatic heterocycles. The van der Waals surface area contributed by atoms with Crippen molar-refractivity contribution in [2.75, 3.05) is 7.11 Å². The molecule has 0 aliphatic rings. The van der Waals surface area contributed by atoms with Crippen molar-refractivity contribution in [1.82, 2.24) is 0 Å². The number of aliphatic carboxylic acids is 2. The second-order valence-corrected chi connectivity index (χ2v) is 3.67. The molecular formula is C12H14O6. The number of hydrogen-bond acceptors (Lipinski definition) is 4. The maximum absolute atomic E-state index is 10.8. The molecule has 0 saturated carbocycles. The van der Waals surface area contributed by atoms with E-state index in [0.717, 1.165) is 0 Å². The first-order chi connectivity index (χ1) is 8.47. The maximum atomic E-state index is 10.8. The molecular weight excluding hydrogens is 240 g/mol. The number of aryl methyl sites for hydroxylation is 1. The highest BCUT2D eigenvalue weighted by atomic mass is 16.5. The van der Waals surface area contributed by atoms with Gasteiger partial charge in [-0.3, -0.25) is 4.79 Å². The monoisotopic (exact) mass is 254 g/mol. The van der Waals surface area contributed by atoms with Crippen molar-refractivity contribution in [2.45, 2.75) is 18.9 Å². The van der Waals surface area contributed by atoms with Crippen LogP contribution in [-0.2, 0) is 16.0 Å². The van der Waals surface area contributed by atoms with E-state index in [4.69, 9.17) is 14.9 Å². The lowest BCUT2D eigenvalue weighted by Crippen LogP contribution is -2.14. The number of carboxylic acids is 2. The van der Waals surface area contributed by atoms with Gasteiger partial charge in [0, 0.05) is 12.0 Å². The van der Waals surface area contributed by atoms with Crippen LogP contribution in [0.15, 0.2) is 18.2 Å². The van der Waals surface area contributed by atoms with E-state index in [1.807, 2.05) is 0 Å². The van der Waals surface area contributed by atoms with Crippen molar-refractivity contribution in [2.24, 2.45) is 0 Å². The average molecular weight is 254 g/mol. The number of aliphatic hydroxyl groups excluding tert-OH is 1. The number of carboxylic acid groups (broad SMARTS) is 2. The fourth-order valence-corrected chi connectivity index (χ4v) is 1.66. The van der Waals surface area contributed by atoms with Gasteiger partial charge in [-0.1, -0.05) is 12.1 Å². The van der Waals surface area contributed by atoms with Crippen LogP contribution in [0.5, 0.6) is 5.75 Å². The second-order valence-electron chi connectivity index (χ2n) is 3.67. The minimum absolute atomic E-state index is 0.105. The zero-order valence-electron chi connectivity index (χ0n) is 9.79. The molecule has 0 aliphatic carbocycles. The number of hydrogen-bond donors (Lipinski definition) is 3. The van der Waals surface area contributed by atoms with Crippen LogP contribution >= 0.6 is 0 Å². The van der Waals surface area contributed by atoms with E-state index in [9.17, 15) is 14.7 Å². The smallest absolute Gasteiger partial charge is 0.337 e. The first kappa shape index (κ1) is 14.0. The van der Waals surface area contributed by atoms with E-state index in [0.29, 0.717) is 5.56 Å². The van der Waals surface area contributed by atoms with Gasteiger partial charge < -0.3 is 20.1 Å². The third-order valence-corrected chi connectivity index (χ3v) is 2.49. The molecule has 0 aromatic heterocycles. The fraction of sp³-hybridized carbons (Fsp3) is 0.333. The van der Waals surface area contributed by atoms with Crippen molar-refractivity contribution in [3.05, 3.63) is 29.3 Å². The van der Waals surface area contributed by atoms with Gasteiger partial charge in [0.2, 0.25) is 0 Å². The summed E-state index contributed by atoms with van der Waals surface area (Å²) in [6, 6.07) is 4.72. The lowest BCUT2D eigenvalue weighted by molar-refractivity contribution is -0.147. The first-order valence-corrected chi connectivity index (χ1v) is 5.25.